The van der Waals surface area contributed by atoms with Crippen molar-refractivity contribution in [3.63, 3.8) is 0 Å². The lowest BCUT2D eigenvalue weighted by atomic mass is 10.3. The number of halogens is 1. The van der Waals surface area contributed by atoms with E-state index in [0.29, 0.717) is 6.54 Å². The molecule has 0 heterocycles. The molecule has 0 aliphatic carbocycles. The van der Waals surface area contributed by atoms with Crippen molar-refractivity contribution < 1.29 is 19.2 Å². The van der Waals surface area contributed by atoms with Gasteiger partial charge in [-0.3, -0.25) is 20.2 Å². The number of carbonyl (C=O) groups is 2. The Morgan fingerprint density at radius 2 is 2.14 bits per heavy atom. The third-order valence-electron chi connectivity index (χ3n) is 2.55. The van der Waals surface area contributed by atoms with Crippen LogP contribution in [0.25, 0.3) is 0 Å². The van der Waals surface area contributed by atoms with Crippen molar-refractivity contribution in [3.05, 3.63) is 33.3 Å². The largest absolute Gasteiger partial charge is 0.477 e. The summed E-state index contributed by atoms with van der Waals surface area (Å²) in [4.78, 5) is 33.0. The normalized spacial score (nSPS) is 9.91. The first-order valence-electron chi connectivity index (χ1n) is 6.58. The first-order valence-corrected chi connectivity index (χ1v) is 6.96. The minimum absolute atomic E-state index is 0.101. The fourth-order valence-corrected chi connectivity index (χ4v) is 1.65. The van der Waals surface area contributed by atoms with E-state index in [1.807, 2.05) is 6.92 Å². The van der Waals surface area contributed by atoms with Crippen LogP contribution < -0.4 is 15.4 Å². The number of nitro benzene ring substituents is 1. The molecule has 1 aromatic rings. The number of ether oxygens (including phenoxy) is 1. The summed E-state index contributed by atoms with van der Waals surface area (Å²) in [6.45, 7) is 1.90. The van der Waals surface area contributed by atoms with Crippen molar-refractivity contribution in [2.75, 3.05) is 13.2 Å². The molecule has 0 bridgehead atoms. The van der Waals surface area contributed by atoms with Gasteiger partial charge < -0.3 is 10.1 Å². The Morgan fingerprint density at radius 3 is 2.77 bits per heavy atom. The van der Waals surface area contributed by atoms with Crippen molar-refractivity contribution in [2.24, 2.45) is 0 Å². The second kappa shape index (κ2) is 8.83. The Morgan fingerprint density at radius 1 is 1.41 bits per heavy atom. The number of rotatable bonds is 7. The van der Waals surface area contributed by atoms with Gasteiger partial charge in [0, 0.05) is 17.6 Å². The zero-order valence-electron chi connectivity index (χ0n) is 11.9. The van der Waals surface area contributed by atoms with Crippen molar-refractivity contribution in [3.8, 4) is 5.75 Å². The van der Waals surface area contributed by atoms with Crippen molar-refractivity contribution in [1.82, 2.24) is 10.6 Å². The number of urea groups is 1. The van der Waals surface area contributed by atoms with Gasteiger partial charge in [0.15, 0.2) is 12.4 Å². The fraction of sp³-hybridized carbons (Fsp3) is 0.385. The highest BCUT2D eigenvalue weighted by Gasteiger charge is 2.17. The van der Waals surface area contributed by atoms with E-state index in [9.17, 15) is 19.7 Å². The van der Waals surface area contributed by atoms with Crippen LogP contribution in [-0.2, 0) is 4.79 Å². The van der Waals surface area contributed by atoms with Crippen LogP contribution in [0.4, 0.5) is 10.5 Å². The highest BCUT2D eigenvalue weighted by molar-refractivity contribution is 6.30. The molecule has 0 spiro atoms. The molecule has 0 radical (unpaired) electrons. The van der Waals surface area contributed by atoms with Gasteiger partial charge in [0.05, 0.1) is 4.92 Å². The number of hydrogen-bond donors (Lipinski definition) is 2. The third kappa shape index (κ3) is 5.96. The van der Waals surface area contributed by atoms with Gasteiger partial charge in [0.25, 0.3) is 5.91 Å². The monoisotopic (exact) mass is 329 g/mol. The van der Waals surface area contributed by atoms with E-state index in [-0.39, 0.29) is 16.5 Å². The number of nitrogens with zero attached hydrogens (tertiary/aromatic N) is 1. The maximum atomic E-state index is 11.5. The van der Waals surface area contributed by atoms with Gasteiger partial charge >= 0.3 is 11.7 Å². The van der Waals surface area contributed by atoms with Gasteiger partial charge in [-0.15, -0.1) is 0 Å². The minimum Gasteiger partial charge on any atom is -0.477 e. The predicted octanol–water partition coefficient (Wildman–Crippen LogP) is 2.25. The second-order valence-electron chi connectivity index (χ2n) is 4.32. The van der Waals surface area contributed by atoms with Crippen LogP contribution in [-0.4, -0.2) is 30.0 Å². The number of amides is 3. The maximum Gasteiger partial charge on any atom is 0.321 e. The zero-order chi connectivity index (χ0) is 16.5. The van der Waals surface area contributed by atoms with Gasteiger partial charge in [-0.2, -0.15) is 0 Å². The van der Waals surface area contributed by atoms with E-state index in [1.54, 1.807) is 0 Å². The number of nitro groups is 1. The molecule has 2 N–H and O–H groups in total. The Labute approximate surface area is 131 Å². The molecule has 0 saturated carbocycles. The van der Waals surface area contributed by atoms with Gasteiger partial charge in [0.1, 0.15) is 0 Å². The van der Waals surface area contributed by atoms with E-state index in [0.717, 1.165) is 18.9 Å². The minimum atomic E-state index is -0.710. The summed E-state index contributed by atoms with van der Waals surface area (Å²) >= 11 is 5.66. The summed E-state index contributed by atoms with van der Waals surface area (Å²) < 4.78 is 5.05. The summed E-state index contributed by atoms with van der Waals surface area (Å²) in [5.74, 6) is -0.811. The summed E-state index contributed by atoms with van der Waals surface area (Å²) in [6, 6.07) is 3.17. The molecule has 120 valence electrons. The first kappa shape index (κ1) is 17.7. The number of unbranched alkanes of at least 4 members (excludes halogenated alkanes) is 1. The molecule has 0 unspecified atom stereocenters. The fourth-order valence-electron chi connectivity index (χ4n) is 1.48. The molecular formula is C13H16ClN3O5. The molecule has 0 aliphatic heterocycles. The van der Waals surface area contributed by atoms with Crippen molar-refractivity contribution >= 4 is 29.2 Å². The van der Waals surface area contributed by atoms with Crippen molar-refractivity contribution in [2.45, 2.75) is 19.8 Å². The van der Waals surface area contributed by atoms with E-state index in [1.165, 1.54) is 12.1 Å². The molecule has 0 aromatic heterocycles. The van der Waals surface area contributed by atoms with Crippen LogP contribution in [0.1, 0.15) is 19.8 Å². The highest BCUT2D eigenvalue weighted by Crippen LogP contribution is 2.29. The lowest BCUT2D eigenvalue weighted by Crippen LogP contribution is -2.41. The van der Waals surface area contributed by atoms with E-state index in [4.69, 9.17) is 16.3 Å². The smallest absolute Gasteiger partial charge is 0.321 e. The molecule has 9 heteroatoms. The standard InChI is InChI=1S/C13H16ClN3O5/c1-2-3-6-15-13(19)16-12(18)8-22-11-5-4-9(14)7-10(11)17(20)21/h4-5,7H,2-3,6,8H2,1H3,(H2,15,16,18,19). The summed E-state index contributed by atoms with van der Waals surface area (Å²) in [7, 11) is 0. The lowest BCUT2D eigenvalue weighted by molar-refractivity contribution is -0.385. The molecule has 0 saturated heterocycles. The average molecular weight is 330 g/mol. The molecule has 0 atom stereocenters. The number of nitrogens with one attached hydrogen (secondary N) is 2. The summed E-state index contributed by atoms with van der Waals surface area (Å²) in [5, 5.41) is 15.6. The summed E-state index contributed by atoms with van der Waals surface area (Å²) in [5.41, 5.74) is -0.354. The van der Waals surface area contributed by atoms with Gasteiger partial charge in [0.2, 0.25) is 0 Å². The van der Waals surface area contributed by atoms with Crippen LogP contribution >= 0.6 is 11.6 Å². The third-order valence-corrected chi connectivity index (χ3v) is 2.78. The molecule has 0 fully saturated rings. The van der Waals surface area contributed by atoms with E-state index < -0.39 is 23.5 Å². The van der Waals surface area contributed by atoms with Crippen LogP contribution in [0.3, 0.4) is 0 Å². The van der Waals surface area contributed by atoms with E-state index in [2.05, 4.69) is 10.6 Å². The quantitative estimate of drug-likeness (QED) is 0.453. The van der Waals surface area contributed by atoms with Crippen molar-refractivity contribution in [1.29, 1.82) is 0 Å². The molecule has 1 aromatic carbocycles. The van der Waals surface area contributed by atoms with Crippen LogP contribution in [0.5, 0.6) is 5.75 Å². The molecule has 3 amide bonds. The molecule has 8 nitrogen and oxygen atoms in total. The topological polar surface area (TPSA) is 111 Å². The van der Waals surface area contributed by atoms with Gasteiger partial charge in [-0.1, -0.05) is 24.9 Å². The van der Waals surface area contributed by atoms with Crippen LogP contribution in [0, 0.1) is 10.1 Å². The van der Waals surface area contributed by atoms with Gasteiger partial charge in [-0.25, -0.2) is 4.79 Å². The average Bonchev–Trinajstić information content (AvgIpc) is 2.46. The maximum absolute atomic E-state index is 11.5. The Kier molecular flexibility index (Phi) is 7.11. The summed E-state index contributed by atoms with van der Waals surface area (Å²) in [6.07, 6.45) is 1.71. The SMILES string of the molecule is CCCCNC(=O)NC(=O)COc1ccc(Cl)cc1[N+](=O)[O-]. The Bertz CT molecular complexity index is 565. The molecule has 1 rings (SSSR count). The second-order valence-corrected chi connectivity index (χ2v) is 4.75. The molecule has 0 aliphatic rings. The van der Waals surface area contributed by atoms with Crippen LogP contribution in [0.2, 0.25) is 5.02 Å². The number of carbonyl (C=O) groups excluding carboxylic acids is 2. The number of benzene rings is 1. The predicted molar refractivity (Wildman–Crippen MR) is 80.1 cm³/mol. The number of hydrogen-bond acceptors (Lipinski definition) is 5. The number of imide groups is 1. The van der Waals surface area contributed by atoms with Crippen LogP contribution in [0.15, 0.2) is 18.2 Å². The highest BCUT2D eigenvalue weighted by atomic mass is 35.5. The Balaban J connectivity index is 2.51. The Hall–Kier alpha value is -2.35. The van der Waals surface area contributed by atoms with E-state index >= 15 is 0 Å². The first-order chi connectivity index (χ1) is 10.4. The zero-order valence-corrected chi connectivity index (χ0v) is 12.7. The molecule has 22 heavy (non-hydrogen) atoms. The lowest BCUT2D eigenvalue weighted by Gasteiger charge is -2.08. The van der Waals surface area contributed by atoms with Gasteiger partial charge in [-0.05, 0) is 18.6 Å². The molecular weight excluding hydrogens is 314 g/mol.